The topological polar surface area (TPSA) is 44.8 Å². The van der Waals surface area contributed by atoms with Crippen LogP contribution in [0.1, 0.15) is 6.92 Å². The Morgan fingerprint density at radius 2 is 2.54 bits per heavy atom. The maximum Gasteiger partial charge on any atom is 0.352 e. The van der Waals surface area contributed by atoms with Gasteiger partial charge in [0.25, 0.3) is 0 Å². The third-order valence-corrected chi connectivity index (χ3v) is 1.61. The lowest BCUT2D eigenvalue weighted by atomic mass is 10.3. The Balaban J connectivity index is 2.23. The molecule has 13 heavy (non-hydrogen) atoms. The molecular formula is C8H10O4S. The van der Waals surface area contributed by atoms with Crippen LogP contribution in [0.2, 0.25) is 0 Å². The second-order valence-corrected chi connectivity index (χ2v) is 3.01. The first-order valence-corrected chi connectivity index (χ1v) is 4.16. The van der Waals surface area contributed by atoms with E-state index in [1.165, 1.54) is 0 Å². The summed E-state index contributed by atoms with van der Waals surface area (Å²) in [6.45, 7) is 5.51. The highest BCUT2D eigenvalue weighted by Gasteiger charge is 2.23. The maximum atomic E-state index is 10.9. The molecule has 4 nitrogen and oxygen atoms in total. The monoisotopic (exact) mass is 202 g/mol. The smallest absolute Gasteiger partial charge is 0.352 e. The molecule has 0 saturated carbocycles. The molecule has 0 aromatic heterocycles. The SMILES string of the molecule is C=C(C)C(=O)OCC1COC(=S)O1. The molecule has 0 aliphatic carbocycles. The van der Waals surface area contributed by atoms with Crippen LogP contribution in [0.4, 0.5) is 0 Å². The molecule has 1 aliphatic rings. The fourth-order valence-electron chi connectivity index (χ4n) is 0.739. The summed E-state index contributed by atoms with van der Waals surface area (Å²) in [6, 6.07) is 0. The average molecular weight is 202 g/mol. The first-order valence-electron chi connectivity index (χ1n) is 3.75. The zero-order valence-corrected chi connectivity index (χ0v) is 8.06. The quantitative estimate of drug-likeness (QED) is 0.385. The molecule has 0 N–H and O–H groups in total. The number of esters is 1. The fourth-order valence-corrected chi connectivity index (χ4v) is 0.943. The molecule has 5 heteroatoms. The number of ether oxygens (including phenoxy) is 3. The Morgan fingerprint density at radius 1 is 1.85 bits per heavy atom. The van der Waals surface area contributed by atoms with Gasteiger partial charge in [-0.3, -0.25) is 0 Å². The van der Waals surface area contributed by atoms with E-state index in [4.69, 9.17) is 14.2 Å². The molecule has 1 fully saturated rings. The summed E-state index contributed by atoms with van der Waals surface area (Å²) < 4.78 is 14.7. The average Bonchev–Trinajstić information content (AvgIpc) is 2.47. The van der Waals surface area contributed by atoms with Crippen molar-refractivity contribution >= 4 is 23.4 Å². The largest absolute Gasteiger partial charge is 0.458 e. The molecular weight excluding hydrogens is 192 g/mol. The Bertz CT molecular complexity index is 249. The number of hydrogen-bond acceptors (Lipinski definition) is 5. The lowest BCUT2D eigenvalue weighted by Crippen LogP contribution is -2.20. The second-order valence-electron chi connectivity index (χ2n) is 2.68. The maximum absolute atomic E-state index is 10.9. The Kier molecular flexibility index (Phi) is 3.25. The highest BCUT2D eigenvalue weighted by atomic mass is 32.1. The fraction of sp³-hybridized carbons (Fsp3) is 0.500. The van der Waals surface area contributed by atoms with E-state index < -0.39 is 5.97 Å². The lowest BCUT2D eigenvalue weighted by molar-refractivity contribution is -0.141. The molecule has 0 spiro atoms. The van der Waals surface area contributed by atoms with Crippen molar-refractivity contribution in [1.29, 1.82) is 0 Å². The standard InChI is InChI=1S/C8H10O4S/c1-5(2)7(9)10-3-6-4-11-8(13)12-6/h6H,1,3-4H2,2H3. The molecule has 1 atom stereocenters. The Hall–Kier alpha value is -1.10. The van der Waals surface area contributed by atoms with Gasteiger partial charge in [-0.2, -0.15) is 0 Å². The number of hydrogen-bond donors (Lipinski definition) is 0. The van der Waals surface area contributed by atoms with E-state index >= 15 is 0 Å². The van der Waals surface area contributed by atoms with Crippen LogP contribution < -0.4 is 0 Å². The van der Waals surface area contributed by atoms with Crippen molar-refractivity contribution in [2.45, 2.75) is 13.0 Å². The van der Waals surface area contributed by atoms with E-state index in [-0.39, 0.29) is 17.9 Å². The van der Waals surface area contributed by atoms with E-state index in [0.717, 1.165) is 0 Å². The minimum Gasteiger partial charge on any atom is -0.458 e. The highest BCUT2D eigenvalue weighted by molar-refractivity contribution is 7.79. The van der Waals surface area contributed by atoms with Crippen LogP contribution in [-0.2, 0) is 19.0 Å². The van der Waals surface area contributed by atoms with Crippen molar-refractivity contribution in [1.82, 2.24) is 0 Å². The van der Waals surface area contributed by atoms with Crippen molar-refractivity contribution in [3.8, 4) is 0 Å². The lowest BCUT2D eigenvalue weighted by Gasteiger charge is -2.07. The third kappa shape index (κ3) is 3.02. The number of carbonyl (C=O) groups excluding carboxylic acids is 1. The summed E-state index contributed by atoms with van der Waals surface area (Å²) in [5.74, 6) is -0.429. The van der Waals surface area contributed by atoms with Gasteiger partial charge in [0, 0.05) is 17.8 Å². The van der Waals surface area contributed by atoms with Gasteiger partial charge < -0.3 is 14.2 Å². The van der Waals surface area contributed by atoms with Crippen LogP contribution in [-0.4, -0.2) is 30.5 Å². The normalized spacial score (nSPS) is 20.4. The summed E-state index contributed by atoms with van der Waals surface area (Å²) in [6.07, 6.45) is -0.282. The molecule has 0 aromatic rings. The highest BCUT2D eigenvalue weighted by Crippen LogP contribution is 2.07. The van der Waals surface area contributed by atoms with Crippen LogP contribution in [0.15, 0.2) is 12.2 Å². The third-order valence-electron chi connectivity index (χ3n) is 1.40. The summed E-state index contributed by atoms with van der Waals surface area (Å²) in [5, 5.41) is 0.108. The van der Waals surface area contributed by atoms with Crippen molar-refractivity contribution in [3.05, 3.63) is 12.2 Å². The van der Waals surface area contributed by atoms with Crippen LogP contribution >= 0.6 is 12.2 Å². The Labute approximate surface area is 81.5 Å². The van der Waals surface area contributed by atoms with Gasteiger partial charge >= 0.3 is 11.2 Å². The van der Waals surface area contributed by atoms with Crippen LogP contribution in [0, 0.1) is 0 Å². The van der Waals surface area contributed by atoms with Gasteiger partial charge in [-0.05, 0) is 6.92 Å². The summed E-state index contributed by atoms with van der Waals surface area (Å²) in [7, 11) is 0. The van der Waals surface area contributed by atoms with E-state index in [1.54, 1.807) is 6.92 Å². The zero-order chi connectivity index (χ0) is 9.84. The predicted octanol–water partition coefficient (Wildman–Crippen LogP) is 0.806. The van der Waals surface area contributed by atoms with E-state index in [2.05, 4.69) is 18.8 Å². The van der Waals surface area contributed by atoms with Crippen LogP contribution in [0.5, 0.6) is 0 Å². The van der Waals surface area contributed by atoms with Gasteiger partial charge in [-0.25, -0.2) is 4.79 Å². The summed E-state index contributed by atoms with van der Waals surface area (Å²) in [5.41, 5.74) is 0.362. The van der Waals surface area contributed by atoms with Gasteiger partial charge in [0.2, 0.25) is 0 Å². The molecule has 1 unspecified atom stereocenters. The summed E-state index contributed by atoms with van der Waals surface area (Å²) >= 11 is 4.63. The molecule has 0 amide bonds. The van der Waals surface area contributed by atoms with Gasteiger partial charge in [-0.15, -0.1) is 0 Å². The van der Waals surface area contributed by atoms with Crippen molar-refractivity contribution in [2.75, 3.05) is 13.2 Å². The van der Waals surface area contributed by atoms with Crippen LogP contribution in [0.25, 0.3) is 0 Å². The molecule has 0 aromatic carbocycles. The molecule has 1 rings (SSSR count). The Morgan fingerprint density at radius 3 is 3.00 bits per heavy atom. The number of carbonyl (C=O) groups is 1. The first-order chi connectivity index (χ1) is 6.09. The van der Waals surface area contributed by atoms with Gasteiger partial charge in [0.05, 0.1) is 0 Å². The molecule has 1 heterocycles. The molecule has 0 bridgehead atoms. The van der Waals surface area contributed by atoms with Crippen molar-refractivity contribution < 1.29 is 19.0 Å². The van der Waals surface area contributed by atoms with Gasteiger partial charge in [-0.1, -0.05) is 6.58 Å². The summed E-state index contributed by atoms with van der Waals surface area (Å²) in [4.78, 5) is 10.9. The first kappa shape index (κ1) is 9.98. The van der Waals surface area contributed by atoms with E-state index in [9.17, 15) is 4.79 Å². The predicted molar refractivity (Wildman–Crippen MR) is 49.2 cm³/mol. The van der Waals surface area contributed by atoms with E-state index in [0.29, 0.717) is 12.2 Å². The zero-order valence-electron chi connectivity index (χ0n) is 7.24. The minimum absolute atomic E-state index is 0.108. The number of rotatable bonds is 3. The second kappa shape index (κ2) is 4.23. The van der Waals surface area contributed by atoms with Crippen molar-refractivity contribution in [3.63, 3.8) is 0 Å². The molecule has 72 valence electrons. The van der Waals surface area contributed by atoms with E-state index in [1.807, 2.05) is 0 Å². The number of thiocarbonyl (C=S) groups is 1. The van der Waals surface area contributed by atoms with Crippen LogP contribution in [0.3, 0.4) is 0 Å². The van der Waals surface area contributed by atoms with Gasteiger partial charge in [0.15, 0.2) is 6.10 Å². The molecule has 0 radical (unpaired) electrons. The molecule has 1 saturated heterocycles. The minimum atomic E-state index is -0.429. The van der Waals surface area contributed by atoms with Crippen molar-refractivity contribution in [2.24, 2.45) is 0 Å². The van der Waals surface area contributed by atoms with Gasteiger partial charge in [0.1, 0.15) is 13.2 Å². The molecule has 1 aliphatic heterocycles.